The van der Waals surface area contributed by atoms with Crippen molar-refractivity contribution < 1.29 is 34.3 Å². The highest BCUT2D eigenvalue weighted by molar-refractivity contribution is 5.90. The lowest BCUT2D eigenvalue weighted by atomic mass is 10.00. The van der Waals surface area contributed by atoms with Gasteiger partial charge in [0.05, 0.1) is 42.7 Å². The average Bonchev–Trinajstić information content (AvgIpc) is 3.72. The summed E-state index contributed by atoms with van der Waals surface area (Å²) in [4.78, 5) is 11.7. The second-order valence-electron chi connectivity index (χ2n) is 13.3. The molecule has 0 aromatic rings. The zero-order valence-electron chi connectivity index (χ0n) is 26.7. The van der Waals surface area contributed by atoms with E-state index in [4.69, 9.17) is 14.2 Å². The second-order valence-corrected chi connectivity index (χ2v) is 13.3. The molecule has 0 aromatic carbocycles. The predicted octanol–water partition coefficient (Wildman–Crippen LogP) is 7.08. The van der Waals surface area contributed by atoms with Gasteiger partial charge in [0.25, 0.3) is 0 Å². The van der Waals surface area contributed by atoms with Crippen LogP contribution in [0.2, 0.25) is 0 Å². The van der Waals surface area contributed by atoms with Gasteiger partial charge in [-0.25, -0.2) is 4.79 Å². The Hall–Kier alpha value is -0.990. The Kier molecular flexibility index (Phi) is 17.0. The molecule has 3 aliphatic heterocycles. The van der Waals surface area contributed by atoms with E-state index in [9.17, 15) is 20.1 Å². The number of rotatable bonds is 23. The van der Waals surface area contributed by atoms with Crippen LogP contribution in [0, 0.1) is 0 Å². The van der Waals surface area contributed by atoms with Crippen LogP contribution in [0.1, 0.15) is 155 Å². The monoisotopic (exact) mass is 594 g/mol. The van der Waals surface area contributed by atoms with Gasteiger partial charge in [-0.3, -0.25) is 0 Å². The molecular weight excluding hydrogens is 532 g/mol. The van der Waals surface area contributed by atoms with Crippen LogP contribution in [0.5, 0.6) is 0 Å². The van der Waals surface area contributed by atoms with Gasteiger partial charge in [0.2, 0.25) is 0 Å². The van der Waals surface area contributed by atoms with Crippen molar-refractivity contribution in [1.82, 2.24) is 0 Å². The second kappa shape index (κ2) is 20.1. The van der Waals surface area contributed by atoms with Crippen LogP contribution in [0.4, 0.5) is 0 Å². The highest BCUT2D eigenvalue weighted by atomic mass is 16.6. The highest BCUT2D eigenvalue weighted by Gasteiger charge is 2.40. The van der Waals surface area contributed by atoms with Crippen molar-refractivity contribution in [2.24, 2.45) is 0 Å². The van der Waals surface area contributed by atoms with Gasteiger partial charge in [0.15, 0.2) is 0 Å². The molecule has 0 aromatic heterocycles. The standard InChI is InChI=1S/C35H62O7/c1-3-4-5-6-7-8-12-15-18-29(37)31-20-22-33(41-31)34-23-21-32(42-34)30(38)19-16-13-10-9-11-14-17-28(36)25-27-24-26(2)40-35(27)39/h24,26,28-34,36-38H,3-23,25H2,1-2H3/t26-,28-,29-,30-,31-,32-,33-,34-/m1/s1. The molecule has 3 aliphatic rings. The number of aliphatic hydroxyl groups excluding tert-OH is 3. The molecule has 0 radical (unpaired) electrons. The fraction of sp³-hybridized carbons (Fsp3) is 0.914. The summed E-state index contributed by atoms with van der Waals surface area (Å²) in [7, 11) is 0. The van der Waals surface area contributed by atoms with Crippen LogP contribution in [0.15, 0.2) is 11.6 Å². The van der Waals surface area contributed by atoms with E-state index >= 15 is 0 Å². The Balaban J connectivity index is 1.16. The lowest BCUT2D eigenvalue weighted by Gasteiger charge is -2.24. The van der Waals surface area contributed by atoms with Gasteiger partial charge in [0, 0.05) is 12.0 Å². The Bertz CT molecular complexity index is 770. The van der Waals surface area contributed by atoms with Crippen LogP contribution < -0.4 is 0 Å². The van der Waals surface area contributed by atoms with Crippen molar-refractivity contribution in [3.8, 4) is 0 Å². The molecule has 7 nitrogen and oxygen atoms in total. The van der Waals surface area contributed by atoms with Crippen LogP contribution in [-0.2, 0) is 19.0 Å². The molecule has 7 heteroatoms. The molecule has 42 heavy (non-hydrogen) atoms. The van der Waals surface area contributed by atoms with Gasteiger partial charge in [-0.2, -0.15) is 0 Å². The van der Waals surface area contributed by atoms with Gasteiger partial charge in [-0.1, -0.05) is 96.8 Å². The fourth-order valence-electron chi connectivity index (χ4n) is 6.93. The molecule has 3 N–H and O–H groups in total. The van der Waals surface area contributed by atoms with E-state index in [1.54, 1.807) is 6.08 Å². The SMILES string of the molecule is CCCCCCCCCC[C@@H](O)[C@H]1CC[C@H]([C@H]2CC[C@H]([C@H](O)CCCCCCCC[C@@H](O)CC3=C[C@@H](C)OC3=O)O2)O1. The van der Waals surface area contributed by atoms with E-state index < -0.39 is 12.2 Å². The van der Waals surface area contributed by atoms with E-state index in [1.807, 2.05) is 6.92 Å². The largest absolute Gasteiger partial charge is 0.455 e. The number of ether oxygens (including phenoxy) is 3. The first kappa shape index (κ1) is 35.5. The number of hydrogen-bond donors (Lipinski definition) is 3. The minimum atomic E-state index is -0.482. The first-order valence-corrected chi connectivity index (χ1v) is 17.6. The van der Waals surface area contributed by atoms with Crippen molar-refractivity contribution in [3.63, 3.8) is 0 Å². The van der Waals surface area contributed by atoms with E-state index in [2.05, 4.69) is 6.92 Å². The molecule has 2 fully saturated rings. The van der Waals surface area contributed by atoms with Crippen molar-refractivity contribution in [2.45, 2.75) is 204 Å². The maximum absolute atomic E-state index is 11.7. The molecule has 0 aliphatic carbocycles. The maximum Gasteiger partial charge on any atom is 0.334 e. The maximum atomic E-state index is 11.7. The van der Waals surface area contributed by atoms with Crippen molar-refractivity contribution in [1.29, 1.82) is 0 Å². The summed E-state index contributed by atoms with van der Waals surface area (Å²) >= 11 is 0. The summed E-state index contributed by atoms with van der Waals surface area (Å²) < 4.78 is 17.6. The zero-order chi connectivity index (χ0) is 30.2. The lowest BCUT2D eigenvalue weighted by Crippen LogP contribution is -2.33. The van der Waals surface area contributed by atoms with Crippen LogP contribution in [-0.4, -0.2) is 70.1 Å². The molecule has 0 bridgehead atoms. The smallest absolute Gasteiger partial charge is 0.334 e. The number of hydrogen-bond acceptors (Lipinski definition) is 7. The van der Waals surface area contributed by atoms with Crippen LogP contribution in [0.25, 0.3) is 0 Å². The number of unbranched alkanes of at least 4 members (excludes halogenated alkanes) is 12. The normalized spacial score (nSPS) is 28.2. The van der Waals surface area contributed by atoms with Gasteiger partial charge >= 0.3 is 5.97 Å². The van der Waals surface area contributed by atoms with Gasteiger partial charge in [-0.15, -0.1) is 0 Å². The topological polar surface area (TPSA) is 105 Å². The molecule has 0 saturated carbocycles. The third-order valence-electron chi connectivity index (χ3n) is 9.53. The van der Waals surface area contributed by atoms with Crippen LogP contribution in [0.3, 0.4) is 0 Å². The Morgan fingerprint density at radius 3 is 1.60 bits per heavy atom. The number of carbonyl (C=O) groups excluding carboxylic acids is 1. The molecule has 244 valence electrons. The van der Waals surface area contributed by atoms with E-state index in [1.165, 1.54) is 44.9 Å². The van der Waals surface area contributed by atoms with Crippen molar-refractivity contribution >= 4 is 5.97 Å². The third kappa shape index (κ3) is 12.9. The molecule has 3 heterocycles. The number of carbonyl (C=O) groups is 1. The summed E-state index contributed by atoms with van der Waals surface area (Å²) in [6, 6.07) is 0. The summed E-state index contributed by atoms with van der Waals surface area (Å²) in [6.07, 6.45) is 23.2. The average molecular weight is 595 g/mol. The Labute approximate surface area is 255 Å². The Morgan fingerprint density at radius 2 is 1.14 bits per heavy atom. The minimum Gasteiger partial charge on any atom is -0.455 e. The summed E-state index contributed by atoms with van der Waals surface area (Å²) in [5, 5.41) is 31.6. The first-order chi connectivity index (χ1) is 20.4. The Morgan fingerprint density at radius 1 is 0.690 bits per heavy atom. The predicted molar refractivity (Wildman–Crippen MR) is 166 cm³/mol. The lowest BCUT2D eigenvalue weighted by molar-refractivity contribution is -0.139. The van der Waals surface area contributed by atoms with Crippen molar-refractivity contribution in [3.05, 3.63) is 11.6 Å². The molecule has 0 unspecified atom stereocenters. The third-order valence-corrected chi connectivity index (χ3v) is 9.53. The quantitative estimate of drug-likeness (QED) is 0.0858. The molecule has 2 saturated heterocycles. The molecule has 0 spiro atoms. The van der Waals surface area contributed by atoms with E-state index in [-0.39, 0.29) is 42.6 Å². The van der Waals surface area contributed by atoms with Crippen LogP contribution >= 0.6 is 0 Å². The minimum absolute atomic E-state index is 0.0410. The molecule has 8 atom stereocenters. The van der Waals surface area contributed by atoms with Gasteiger partial charge < -0.3 is 29.5 Å². The number of esters is 1. The summed E-state index contributed by atoms with van der Waals surface area (Å²) in [5.74, 6) is -0.290. The summed E-state index contributed by atoms with van der Waals surface area (Å²) in [5.41, 5.74) is 0.606. The fourth-order valence-corrected chi connectivity index (χ4v) is 6.93. The molecular formula is C35H62O7. The van der Waals surface area contributed by atoms with Gasteiger partial charge in [0.1, 0.15) is 6.10 Å². The number of aliphatic hydroxyl groups is 3. The van der Waals surface area contributed by atoms with Gasteiger partial charge in [-0.05, 0) is 57.9 Å². The number of cyclic esters (lactones) is 1. The van der Waals surface area contributed by atoms with E-state index in [0.29, 0.717) is 18.4 Å². The molecule has 3 rings (SSSR count). The van der Waals surface area contributed by atoms with E-state index in [0.717, 1.165) is 83.5 Å². The van der Waals surface area contributed by atoms with Crippen molar-refractivity contribution in [2.75, 3.05) is 0 Å². The highest BCUT2D eigenvalue weighted by Crippen LogP contribution is 2.34. The summed E-state index contributed by atoms with van der Waals surface area (Å²) in [6.45, 7) is 4.08. The first-order valence-electron chi connectivity index (χ1n) is 17.6. The molecule has 0 amide bonds. The zero-order valence-corrected chi connectivity index (χ0v) is 26.7.